The molecule has 1 unspecified atom stereocenters. The molecule has 4 heteroatoms. The van der Waals surface area contributed by atoms with Crippen molar-refractivity contribution in [2.24, 2.45) is 0 Å². The molecule has 0 heterocycles. The summed E-state index contributed by atoms with van der Waals surface area (Å²) in [6, 6.07) is 9.20. The van der Waals surface area contributed by atoms with E-state index in [0.717, 1.165) is 5.56 Å². The van der Waals surface area contributed by atoms with Gasteiger partial charge in [0, 0.05) is 5.56 Å². The number of hydrogen-bond donors (Lipinski definition) is 2. The van der Waals surface area contributed by atoms with Gasteiger partial charge in [-0.2, -0.15) is 0 Å². The maximum absolute atomic E-state index is 10.6. The van der Waals surface area contributed by atoms with E-state index in [0.29, 0.717) is 0 Å². The van der Waals surface area contributed by atoms with E-state index in [9.17, 15) is 4.79 Å². The Labute approximate surface area is 88.9 Å². The first-order chi connectivity index (χ1) is 7.09. The Hall–Kier alpha value is -1.55. The van der Waals surface area contributed by atoms with Gasteiger partial charge in [0.2, 0.25) is 0 Å². The summed E-state index contributed by atoms with van der Waals surface area (Å²) in [6.45, 7) is 3.72. The summed E-state index contributed by atoms with van der Waals surface area (Å²) >= 11 is 0. The second-order valence-corrected chi connectivity index (χ2v) is 3.43. The quantitative estimate of drug-likeness (QED) is 0.748. The van der Waals surface area contributed by atoms with Crippen molar-refractivity contribution in [2.75, 3.05) is 0 Å². The second kappa shape index (κ2) is 5.36. The molecule has 0 saturated heterocycles. The van der Waals surface area contributed by atoms with E-state index in [1.807, 2.05) is 44.2 Å². The van der Waals surface area contributed by atoms with Crippen molar-refractivity contribution in [1.29, 1.82) is 0 Å². The molecular formula is C11H15NO3. The van der Waals surface area contributed by atoms with Crippen molar-refractivity contribution in [3.63, 3.8) is 0 Å². The third kappa shape index (κ3) is 3.99. The fourth-order valence-electron chi connectivity index (χ4n) is 1.21. The average Bonchev–Trinajstić information content (AvgIpc) is 2.17. The van der Waals surface area contributed by atoms with E-state index in [-0.39, 0.29) is 6.10 Å². The van der Waals surface area contributed by atoms with Crippen LogP contribution >= 0.6 is 0 Å². The fraction of sp³-hybridized carbons (Fsp3) is 0.364. The Morgan fingerprint density at radius 1 is 1.33 bits per heavy atom. The molecule has 0 aliphatic heterocycles. The lowest BCUT2D eigenvalue weighted by Crippen LogP contribution is -2.30. The molecule has 2 N–H and O–H groups in total. The molecule has 0 bridgehead atoms. The van der Waals surface area contributed by atoms with Gasteiger partial charge >= 0.3 is 6.09 Å². The SMILES string of the molecule is CC(C)OC(NC(=O)O)c1ccccc1. The third-order valence-electron chi connectivity index (χ3n) is 1.77. The molecule has 1 aromatic carbocycles. The number of benzene rings is 1. The van der Waals surface area contributed by atoms with Crippen LogP contribution in [-0.4, -0.2) is 17.3 Å². The van der Waals surface area contributed by atoms with Crippen molar-refractivity contribution in [2.45, 2.75) is 26.2 Å². The minimum atomic E-state index is -1.09. The van der Waals surface area contributed by atoms with Crippen molar-refractivity contribution < 1.29 is 14.6 Å². The van der Waals surface area contributed by atoms with Crippen LogP contribution < -0.4 is 5.32 Å². The van der Waals surface area contributed by atoms with E-state index >= 15 is 0 Å². The second-order valence-electron chi connectivity index (χ2n) is 3.43. The first kappa shape index (κ1) is 11.5. The number of hydrogen-bond acceptors (Lipinski definition) is 2. The summed E-state index contributed by atoms with van der Waals surface area (Å²) in [6.07, 6.45) is -1.74. The highest BCUT2D eigenvalue weighted by Crippen LogP contribution is 2.15. The molecule has 0 aliphatic carbocycles. The van der Waals surface area contributed by atoms with Crippen LogP contribution in [0.2, 0.25) is 0 Å². The highest BCUT2D eigenvalue weighted by atomic mass is 16.5. The molecule has 82 valence electrons. The lowest BCUT2D eigenvalue weighted by atomic mass is 10.2. The molecule has 4 nitrogen and oxygen atoms in total. The Bertz CT molecular complexity index is 311. The molecule has 0 radical (unpaired) electrons. The monoisotopic (exact) mass is 209 g/mol. The average molecular weight is 209 g/mol. The van der Waals surface area contributed by atoms with Gasteiger partial charge in [0.15, 0.2) is 6.23 Å². The Morgan fingerprint density at radius 2 is 1.93 bits per heavy atom. The molecule has 1 amide bonds. The maximum atomic E-state index is 10.6. The first-order valence-corrected chi connectivity index (χ1v) is 4.79. The van der Waals surface area contributed by atoms with Gasteiger partial charge in [-0.1, -0.05) is 30.3 Å². The molecule has 0 saturated carbocycles. The van der Waals surface area contributed by atoms with Gasteiger partial charge in [-0.25, -0.2) is 4.79 Å². The van der Waals surface area contributed by atoms with Crippen molar-refractivity contribution in [1.82, 2.24) is 5.32 Å². The molecule has 1 rings (SSSR count). The Balaban J connectivity index is 2.76. The van der Waals surface area contributed by atoms with Crippen LogP contribution in [0, 0.1) is 0 Å². The lowest BCUT2D eigenvalue weighted by molar-refractivity contribution is -0.0105. The zero-order chi connectivity index (χ0) is 11.3. The number of amides is 1. The summed E-state index contributed by atoms with van der Waals surface area (Å²) in [5.41, 5.74) is 0.800. The normalized spacial score (nSPS) is 12.5. The lowest BCUT2D eigenvalue weighted by Gasteiger charge is -2.20. The van der Waals surface area contributed by atoms with E-state index < -0.39 is 12.3 Å². The topological polar surface area (TPSA) is 58.6 Å². The number of carbonyl (C=O) groups is 1. The van der Waals surface area contributed by atoms with Gasteiger partial charge < -0.3 is 9.84 Å². The summed E-state index contributed by atoms with van der Waals surface area (Å²) in [4.78, 5) is 10.6. The number of carboxylic acid groups (broad SMARTS) is 1. The molecule has 15 heavy (non-hydrogen) atoms. The molecule has 1 aromatic rings. The fourth-order valence-corrected chi connectivity index (χ4v) is 1.21. The van der Waals surface area contributed by atoms with Crippen LogP contribution in [0.15, 0.2) is 30.3 Å². The minimum absolute atomic E-state index is 0.0398. The number of rotatable bonds is 4. The largest absolute Gasteiger partial charge is 0.465 e. The zero-order valence-corrected chi connectivity index (χ0v) is 8.81. The van der Waals surface area contributed by atoms with E-state index in [4.69, 9.17) is 9.84 Å². The third-order valence-corrected chi connectivity index (χ3v) is 1.77. The molecule has 0 aliphatic rings. The zero-order valence-electron chi connectivity index (χ0n) is 8.81. The predicted molar refractivity (Wildman–Crippen MR) is 56.6 cm³/mol. The summed E-state index contributed by atoms with van der Waals surface area (Å²) < 4.78 is 5.46. The van der Waals surface area contributed by atoms with Crippen molar-refractivity contribution in [3.05, 3.63) is 35.9 Å². The smallest absolute Gasteiger partial charge is 0.406 e. The summed E-state index contributed by atoms with van der Waals surface area (Å²) in [5.74, 6) is 0. The van der Waals surface area contributed by atoms with Crippen molar-refractivity contribution in [3.8, 4) is 0 Å². The number of ether oxygens (including phenoxy) is 1. The standard InChI is InChI=1S/C11H15NO3/c1-8(2)15-10(12-11(13)14)9-6-4-3-5-7-9/h3-8,10,12H,1-2H3,(H,13,14). The Kier molecular flexibility index (Phi) is 4.12. The molecule has 0 aromatic heterocycles. The van der Waals surface area contributed by atoms with Crippen LogP contribution in [-0.2, 0) is 4.74 Å². The highest BCUT2D eigenvalue weighted by Gasteiger charge is 2.15. The first-order valence-electron chi connectivity index (χ1n) is 4.79. The van der Waals surface area contributed by atoms with E-state index in [1.165, 1.54) is 0 Å². The van der Waals surface area contributed by atoms with Gasteiger partial charge in [-0.3, -0.25) is 5.32 Å². The van der Waals surface area contributed by atoms with Crippen molar-refractivity contribution >= 4 is 6.09 Å². The molecular weight excluding hydrogens is 194 g/mol. The highest BCUT2D eigenvalue weighted by molar-refractivity contribution is 5.64. The van der Waals surface area contributed by atoms with Crippen LogP contribution in [0.25, 0.3) is 0 Å². The van der Waals surface area contributed by atoms with E-state index in [1.54, 1.807) is 0 Å². The van der Waals surface area contributed by atoms with Gasteiger partial charge in [0.05, 0.1) is 6.10 Å². The van der Waals surface area contributed by atoms with Gasteiger partial charge in [-0.05, 0) is 13.8 Å². The van der Waals surface area contributed by atoms with Gasteiger partial charge in [-0.15, -0.1) is 0 Å². The molecule has 0 spiro atoms. The summed E-state index contributed by atoms with van der Waals surface area (Å²) in [5, 5.41) is 11.0. The molecule has 0 fully saturated rings. The van der Waals surface area contributed by atoms with Gasteiger partial charge in [0.25, 0.3) is 0 Å². The van der Waals surface area contributed by atoms with Crippen LogP contribution in [0.3, 0.4) is 0 Å². The van der Waals surface area contributed by atoms with Crippen LogP contribution in [0.5, 0.6) is 0 Å². The Morgan fingerprint density at radius 3 is 2.40 bits per heavy atom. The maximum Gasteiger partial charge on any atom is 0.406 e. The van der Waals surface area contributed by atoms with E-state index in [2.05, 4.69) is 5.32 Å². The minimum Gasteiger partial charge on any atom is -0.465 e. The van der Waals surface area contributed by atoms with Gasteiger partial charge in [0.1, 0.15) is 0 Å². The number of nitrogens with one attached hydrogen (secondary N) is 1. The van der Waals surface area contributed by atoms with Crippen LogP contribution in [0.4, 0.5) is 4.79 Å². The summed E-state index contributed by atoms with van der Waals surface area (Å²) in [7, 11) is 0. The van der Waals surface area contributed by atoms with Crippen LogP contribution in [0.1, 0.15) is 25.6 Å². The molecule has 1 atom stereocenters. The predicted octanol–water partition coefficient (Wildman–Crippen LogP) is 2.38.